The molecule has 2 saturated heterocycles. The summed E-state index contributed by atoms with van der Waals surface area (Å²) in [7, 11) is 0. The minimum absolute atomic E-state index is 0.00410. The van der Waals surface area contributed by atoms with Gasteiger partial charge in [0.05, 0.1) is 18.2 Å². The number of hydrazine groups is 1. The van der Waals surface area contributed by atoms with E-state index in [9.17, 15) is 19.2 Å². The van der Waals surface area contributed by atoms with Crippen LogP contribution in [0, 0.1) is 5.92 Å². The second-order valence-corrected chi connectivity index (χ2v) is 8.17. The summed E-state index contributed by atoms with van der Waals surface area (Å²) in [5.41, 5.74) is 3.18. The third kappa shape index (κ3) is 5.66. The molecule has 186 valence electrons. The molecule has 4 rings (SSSR count). The summed E-state index contributed by atoms with van der Waals surface area (Å²) in [4.78, 5) is 61.5. The van der Waals surface area contributed by atoms with E-state index < -0.39 is 17.8 Å². The maximum atomic E-state index is 13.5. The Balaban J connectivity index is 1.64. The topological polar surface area (TPSA) is 118 Å². The third-order valence-corrected chi connectivity index (χ3v) is 5.83. The molecule has 0 saturated carbocycles. The van der Waals surface area contributed by atoms with E-state index in [1.54, 1.807) is 61.5 Å². The van der Waals surface area contributed by atoms with Crippen molar-refractivity contribution in [3.63, 3.8) is 0 Å². The lowest BCUT2D eigenvalue weighted by Gasteiger charge is -2.30. The lowest BCUT2D eigenvalue weighted by atomic mass is 9.96. The molecule has 36 heavy (non-hydrogen) atoms. The number of amides is 2. The first-order valence-electron chi connectivity index (χ1n) is 11.7. The highest BCUT2D eigenvalue weighted by Crippen LogP contribution is 2.23. The van der Waals surface area contributed by atoms with E-state index in [0.29, 0.717) is 30.7 Å². The zero-order valence-electron chi connectivity index (χ0n) is 19.8. The van der Waals surface area contributed by atoms with Crippen molar-refractivity contribution in [3.05, 3.63) is 78.0 Å². The zero-order chi connectivity index (χ0) is 25.5. The normalized spacial score (nSPS) is 17.8. The molecule has 1 N–H and O–H groups in total. The SMILES string of the molecule is CCOC(=O)C1CCN(C(=O)C(/C=C2\C(=O)ONN2c2ccccc2)=NC(=O)c2ccccc2)CC1. The van der Waals surface area contributed by atoms with Crippen molar-refractivity contribution >= 4 is 35.2 Å². The van der Waals surface area contributed by atoms with Gasteiger partial charge >= 0.3 is 11.9 Å². The molecular formula is C26H26N4O6. The third-order valence-electron chi connectivity index (χ3n) is 5.83. The van der Waals surface area contributed by atoms with Crippen molar-refractivity contribution in [1.29, 1.82) is 0 Å². The number of nitrogens with zero attached hydrogens (tertiary/aromatic N) is 3. The number of hydrogen-bond acceptors (Lipinski definition) is 8. The van der Waals surface area contributed by atoms with E-state index in [1.165, 1.54) is 16.0 Å². The van der Waals surface area contributed by atoms with Gasteiger partial charge in [-0.25, -0.2) is 14.8 Å². The monoisotopic (exact) mass is 490 g/mol. The first kappa shape index (κ1) is 24.8. The van der Waals surface area contributed by atoms with E-state index in [-0.39, 0.29) is 36.4 Å². The molecule has 2 aliphatic heterocycles. The van der Waals surface area contributed by atoms with Gasteiger partial charge < -0.3 is 14.5 Å². The average Bonchev–Trinajstić information content (AvgIpc) is 3.28. The molecular weight excluding hydrogens is 464 g/mol. The van der Waals surface area contributed by atoms with E-state index in [2.05, 4.69) is 10.6 Å². The van der Waals surface area contributed by atoms with Gasteiger partial charge in [-0.15, -0.1) is 0 Å². The molecule has 2 amide bonds. The summed E-state index contributed by atoms with van der Waals surface area (Å²) in [6.07, 6.45) is 2.11. The van der Waals surface area contributed by atoms with Gasteiger partial charge in [-0.1, -0.05) is 42.0 Å². The number of para-hydroxylation sites is 1. The molecule has 0 radical (unpaired) electrons. The molecule has 2 aromatic carbocycles. The number of rotatable bonds is 6. The minimum Gasteiger partial charge on any atom is -0.466 e. The van der Waals surface area contributed by atoms with Gasteiger partial charge in [0.25, 0.3) is 11.8 Å². The van der Waals surface area contributed by atoms with Gasteiger partial charge in [-0.3, -0.25) is 14.4 Å². The summed E-state index contributed by atoms with van der Waals surface area (Å²) in [5, 5.41) is 1.37. The largest absolute Gasteiger partial charge is 0.466 e. The van der Waals surface area contributed by atoms with E-state index in [1.807, 2.05) is 6.07 Å². The van der Waals surface area contributed by atoms with Gasteiger partial charge in [0.15, 0.2) is 5.70 Å². The number of benzene rings is 2. The van der Waals surface area contributed by atoms with E-state index in [4.69, 9.17) is 9.57 Å². The second kappa shape index (κ2) is 11.4. The Morgan fingerprint density at radius 3 is 2.33 bits per heavy atom. The standard InChI is InChI=1S/C26H26N4O6/c1-2-35-25(33)19-13-15-29(16-14-19)24(32)21(27-23(31)18-9-5-3-6-10-18)17-22-26(34)36-28-30(22)20-11-7-4-8-12-20/h3-12,17,19,28H,2,13-16H2,1H3/b22-17+,27-21?. The van der Waals surface area contributed by atoms with Crippen LogP contribution >= 0.6 is 0 Å². The molecule has 2 fully saturated rings. The van der Waals surface area contributed by atoms with Crippen LogP contribution in [0.1, 0.15) is 30.1 Å². The number of aliphatic imine (C=N–C) groups is 1. The number of carbonyl (C=O) groups excluding carboxylic acids is 4. The maximum absolute atomic E-state index is 13.5. The summed E-state index contributed by atoms with van der Waals surface area (Å²) >= 11 is 0. The fourth-order valence-electron chi connectivity index (χ4n) is 3.94. The summed E-state index contributed by atoms with van der Waals surface area (Å²) in [6, 6.07) is 17.2. The van der Waals surface area contributed by atoms with Gasteiger partial charge in [0, 0.05) is 24.7 Å². The van der Waals surface area contributed by atoms with Crippen LogP contribution in [0.25, 0.3) is 0 Å². The Hall–Kier alpha value is -4.31. The number of nitrogens with one attached hydrogen (secondary N) is 1. The number of hydrogen-bond donors (Lipinski definition) is 1. The summed E-state index contributed by atoms with van der Waals surface area (Å²) < 4.78 is 5.10. The second-order valence-electron chi connectivity index (χ2n) is 8.17. The highest BCUT2D eigenvalue weighted by molar-refractivity contribution is 6.45. The van der Waals surface area contributed by atoms with E-state index in [0.717, 1.165) is 0 Å². The Morgan fingerprint density at radius 2 is 1.69 bits per heavy atom. The predicted octanol–water partition coefficient (Wildman–Crippen LogP) is 2.44. The van der Waals surface area contributed by atoms with Gasteiger partial charge in [-0.05, 0) is 44.0 Å². The Labute approximate surface area is 208 Å². The highest BCUT2D eigenvalue weighted by Gasteiger charge is 2.33. The Bertz CT molecular complexity index is 1190. The zero-order valence-corrected chi connectivity index (χ0v) is 19.8. The van der Waals surface area contributed by atoms with Crippen LogP contribution in [0.4, 0.5) is 5.69 Å². The number of piperidine rings is 1. The smallest absolute Gasteiger partial charge is 0.376 e. The molecule has 0 bridgehead atoms. The van der Waals surface area contributed by atoms with Crippen molar-refractivity contribution in [3.8, 4) is 0 Å². The Kier molecular flexibility index (Phi) is 7.86. The van der Waals surface area contributed by atoms with Crippen LogP contribution in [0.5, 0.6) is 0 Å². The first-order valence-corrected chi connectivity index (χ1v) is 11.7. The molecule has 2 aromatic rings. The molecule has 0 atom stereocenters. The number of ether oxygens (including phenoxy) is 1. The van der Waals surface area contributed by atoms with Gasteiger partial charge in [0.2, 0.25) is 0 Å². The predicted molar refractivity (Wildman–Crippen MR) is 130 cm³/mol. The summed E-state index contributed by atoms with van der Waals surface area (Å²) in [6.45, 7) is 2.62. The van der Waals surface area contributed by atoms with Crippen molar-refractivity contribution in [2.24, 2.45) is 10.9 Å². The molecule has 2 aliphatic rings. The van der Waals surface area contributed by atoms with E-state index >= 15 is 0 Å². The molecule has 10 nitrogen and oxygen atoms in total. The molecule has 10 heteroatoms. The fraction of sp³-hybridized carbons (Fsp3) is 0.269. The maximum Gasteiger partial charge on any atom is 0.376 e. The summed E-state index contributed by atoms with van der Waals surface area (Å²) in [5.74, 6) is -2.45. The number of likely N-dealkylation sites (tertiary alicyclic amines) is 1. The van der Waals surface area contributed by atoms with Crippen LogP contribution in [0.2, 0.25) is 0 Å². The first-order chi connectivity index (χ1) is 17.5. The lowest BCUT2D eigenvalue weighted by molar-refractivity contribution is -0.150. The van der Waals surface area contributed by atoms with Crippen molar-refractivity contribution < 1.29 is 28.8 Å². The van der Waals surface area contributed by atoms with Crippen LogP contribution in [0.15, 0.2) is 77.4 Å². The van der Waals surface area contributed by atoms with Crippen LogP contribution in [0.3, 0.4) is 0 Å². The van der Waals surface area contributed by atoms with Crippen LogP contribution < -0.4 is 10.6 Å². The van der Waals surface area contributed by atoms with Crippen molar-refractivity contribution in [1.82, 2.24) is 10.5 Å². The lowest BCUT2D eigenvalue weighted by Crippen LogP contribution is -2.44. The molecule has 0 aliphatic carbocycles. The number of anilines is 1. The van der Waals surface area contributed by atoms with Crippen LogP contribution in [-0.2, 0) is 24.0 Å². The average molecular weight is 491 g/mol. The highest BCUT2D eigenvalue weighted by atomic mass is 16.7. The van der Waals surface area contributed by atoms with Crippen molar-refractivity contribution in [2.45, 2.75) is 19.8 Å². The fourth-order valence-corrected chi connectivity index (χ4v) is 3.94. The quantitative estimate of drug-likeness (QED) is 0.373. The van der Waals surface area contributed by atoms with Gasteiger partial charge in [-0.2, -0.15) is 0 Å². The molecule has 0 spiro atoms. The number of carbonyl (C=O) groups is 4. The molecule has 0 unspecified atom stereocenters. The van der Waals surface area contributed by atoms with Gasteiger partial charge in [0.1, 0.15) is 5.71 Å². The molecule has 2 heterocycles. The minimum atomic E-state index is -0.729. The van der Waals surface area contributed by atoms with Crippen LogP contribution in [-0.4, -0.2) is 54.1 Å². The number of esters is 1. The molecule has 0 aromatic heterocycles. The van der Waals surface area contributed by atoms with Crippen molar-refractivity contribution in [2.75, 3.05) is 24.7 Å². The Morgan fingerprint density at radius 1 is 1.06 bits per heavy atom.